The van der Waals surface area contributed by atoms with Gasteiger partial charge < -0.3 is 9.73 Å². The van der Waals surface area contributed by atoms with Gasteiger partial charge in [0.25, 0.3) is 0 Å². The van der Waals surface area contributed by atoms with E-state index in [1.807, 2.05) is 13.1 Å². The second-order valence-corrected chi connectivity index (χ2v) is 4.98. The van der Waals surface area contributed by atoms with Crippen molar-refractivity contribution in [3.63, 3.8) is 0 Å². The van der Waals surface area contributed by atoms with Gasteiger partial charge in [-0.2, -0.15) is 0 Å². The van der Waals surface area contributed by atoms with Crippen LogP contribution in [0.25, 0.3) is 11.0 Å². The Labute approximate surface area is 107 Å². The molecule has 3 heteroatoms. The van der Waals surface area contributed by atoms with Crippen LogP contribution in [0, 0.1) is 6.92 Å². The molecule has 0 atom stereocenters. The SMILES string of the molecule is CNCc1cc(=O)oc2cc(C)c(C(C)C)cc12. The molecule has 0 bridgehead atoms. The van der Waals surface area contributed by atoms with Crippen molar-refractivity contribution in [2.45, 2.75) is 33.2 Å². The fourth-order valence-electron chi connectivity index (χ4n) is 2.35. The van der Waals surface area contributed by atoms with Gasteiger partial charge in [-0.15, -0.1) is 0 Å². The van der Waals surface area contributed by atoms with E-state index in [1.165, 1.54) is 11.1 Å². The molecule has 1 heterocycles. The second-order valence-electron chi connectivity index (χ2n) is 4.98. The molecule has 0 aliphatic rings. The molecule has 0 aliphatic carbocycles. The van der Waals surface area contributed by atoms with E-state index >= 15 is 0 Å². The Morgan fingerprint density at radius 2 is 2.00 bits per heavy atom. The summed E-state index contributed by atoms with van der Waals surface area (Å²) in [7, 11) is 1.87. The van der Waals surface area contributed by atoms with Gasteiger partial charge in [0.15, 0.2) is 0 Å². The molecular weight excluding hydrogens is 226 g/mol. The van der Waals surface area contributed by atoms with Gasteiger partial charge in [0.2, 0.25) is 0 Å². The second kappa shape index (κ2) is 4.94. The van der Waals surface area contributed by atoms with Crippen LogP contribution in [0.1, 0.15) is 36.5 Å². The summed E-state index contributed by atoms with van der Waals surface area (Å²) >= 11 is 0. The highest BCUT2D eigenvalue weighted by molar-refractivity contribution is 5.82. The average molecular weight is 245 g/mol. The zero-order valence-corrected chi connectivity index (χ0v) is 11.3. The van der Waals surface area contributed by atoms with Crippen molar-refractivity contribution < 1.29 is 4.42 Å². The first-order valence-corrected chi connectivity index (χ1v) is 6.24. The molecule has 1 aromatic heterocycles. The van der Waals surface area contributed by atoms with E-state index < -0.39 is 0 Å². The Bertz CT molecular complexity index is 626. The first-order chi connectivity index (χ1) is 8.52. The molecule has 0 saturated carbocycles. The van der Waals surface area contributed by atoms with E-state index in [0.717, 1.165) is 10.9 Å². The number of fused-ring (bicyclic) bond motifs is 1. The van der Waals surface area contributed by atoms with E-state index in [1.54, 1.807) is 6.07 Å². The molecular formula is C15H19NO2. The maximum atomic E-state index is 11.5. The lowest BCUT2D eigenvalue weighted by Crippen LogP contribution is -2.09. The van der Waals surface area contributed by atoms with Crippen LogP contribution >= 0.6 is 0 Å². The Morgan fingerprint density at radius 1 is 1.28 bits per heavy atom. The monoisotopic (exact) mass is 245 g/mol. The van der Waals surface area contributed by atoms with Crippen LogP contribution in [0.3, 0.4) is 0 Å². The molecule has 2 rings (SSSR count). The quantitative estimate of drug-likeness (QED) is 0.845. The maximum Gasteiger partial charge on any atom is 0.336 e. The molecule has 0 fully saturated rings. The molecule has 0 unspecified atom stereocenters. The lowest BCUT2D eigenvalue weighted by molar-refractivity contribution is 0.557. The predicted molar refractivity (Wildman–Crippen MR) is 74.1 cm³/mol. The van der Waals surface area contributed by atoms with Crippen molar-refractivity contribution in [3.8, 4) is 0 Å². The van der Waals surface area contributed by atoms with Gasteiger partial charge in [0.05, 0.1) is 0 Å². The molecule has 0 aliphatic heterocycles. The molecule has 0 saturated heterocycles. The minimum atomic E-state index is -0.288. The van der Waals surface area contributed by atoms with Crippen molar-refractivity contribution in [1.82, 2.24) is 5.32 Å². The fraction of sp³-hybridized carbons (Fsp3) is 0.400. The highest BCUT2D eigenvalue weighted by Crippen LogP contribution is 2.26. The normalized spacial score (nSPS) is 11.4. The van der Waals surface area contributed by atoms with Crippen molar-refractivity contribution in [3.05, 3.63) is 45.3 Å². The lowest BCUT2D eigenvalue weighted by atomic mass is 9.95. The van der Waals surface area contributed by atoms with Gasteiger partial charge >= 0.3 is 5.63 Å². The summed E-state index contributed by atoms with van der Waals surface area (Å²) in [5.41, 5.74) is 3.85. The van der Waals surface area contributed by atoms with Crippen LogP contribution in [0.15, 0.2) is 27.4 Å². The van der Waals surface area contributed by atoms with Crippen molar-refractivity contribution in [1.29, 1.82) is 0 Å². The van der Waals surface area contributed by atoms with Crippen LogP contribution in [0.4, 0.5) is 0 Å². The number of hydrogen-bond donors (Lipinski definition) is 1. The van der Waals surface area contributed by atoms with Crippen LogP contribution in [0.2, 0.25) is 0 Å². The van der Waals surface area contributed by atoms with Gasteiger partial charge in [-0.3, -0.25) is 0 Å². The van der Waals surface area contributed by atoms with Crippen molar-refractivity contribution >= 4 is 11.0 Å². The smallest absolute Gasteiger partial charge is 0.336 e. The fourth-order valence-corrected chi connectivity index (χ4v) is 2.35. The molecule has 2 aromatic rings. The number of hydrogen-bond acceptors (Lipinski definition) is 3. The molecule has 1 aromatic carbocycles. The standard InChI is InChI=1S/C15H19NO2/c1-9(2)12-7-13-11(8-16-4)6-15(17)18-14(13)5-10(12)3/h5-7,9,16H,8H2,1-4H3. The molecule has 0 spiro atoms. The highest BCUT2D eigenvalue weighted by atomic mass is 16.4. The summed E-state index contributed by atoms with van der Waals surface area (Å²) in [6.07, 6.45) is 0. The largest absolute Gasteiger partial charge is 0.423 e. The van der Waals surface area contributed by atoms with E-state index in [4.69, 9.17) is 4.42 Å². The molecule has 0 radical (unpaired) electrons. The summed E-state index contributed by atoms with van der Waals surface area (Å²) in [4.78, 5) is 11.5. The molecule has 0 amide bonds. The zero-order valence-electron chi connectivity index (χ0n) is 11.3. The Kier molecular flexibility index (Phi) is 3.53. The van der Waals surface area contributed by atoms with Gasteiger partial charge in [-0.1, -0.05) is 13.8 Å². The van der Waals surface area contributed by atoms with Gasteiger partial charge in [0.1, 0.15) is 5.58 Å². The summed E-state index contributed by atoms with van der Waals surface area (Å²) in [6, 6.07) is 5.68. The predicted octanol–water partition coefficient (Wildman–Crippen LogP) is 2.94. The van der Waals surface area contributed by atoms with E-state index in [0.29, 0.717) is 18.0 Å². The minimum Gasteiger partial charge on any atom is -0.423 e. The summed E-state index contributed by atoms with van der Waals surface area (Å²) in [5, 5.41) is 4.11. The number of rotatable bonds is 3. The zero-order chi connectivity index (χ0) is 13.3. The van der Waals surface area contributed by atoms with E-state index in [9.17, 15) is 4.79 Å². The van der Waals surface area contributed by atoms with Crippen molar-refractivity contribution in [2.24, 2.45) is 0 Å². The lowest BCUT2D eigenvalue weighted by Gasteiger charge is -2.12. The third-order valence-electron chi connectivity index (χ3n) is 3.21. The number of aryl methyl sites for hydroxylation is 1. The van der Waals surface area contributed by atoms with E-state index in [2.05, 4.69) is 32.2 Å². The van der Waals surface area contributed by atoms with Gasteiger partial charge in [0, 0.05) is 18.0 Å². The Balaban J connectivity index is 2.76. The van der Waals surface area contributed by atoms with Crippen molar-refractivity contribution in [2.75, 3.05) is 7.05 Å². The number of nitrogens with one attached hydrogen (secondary N) is 1. The Hall–Kier alpha value is -1.61. The first kappa shape index (κ1) is 12.8. The third kappa shape index (κ3) is 2.31. The third-order valence-corrected chi connectivity index (χ3v) is 3.21. The summed E-state index contributed by atoms with van der Waals surface area (Å²) in [6.45, 7) is 7.07. The van der Waals surface area contributed by atoms with Crippen LogP contribution in [-0.2, 0) is 6.54 Å². The average Bonchev–Trinajstić information content (AvgIpc) is 2.27. The highest BCUT2D eigenvalue weighted by Gasteiger charge is 2.10. The van der Waals surface area contributed by atoms with E-state index in [-0.39, 0.29) is 5.63 Å². The topological polar surface area (TPSA) is 42.2 Å². The summed E-state index contributed by atoms with van der Waals surface area (Å²) in [5.74, 6) is 0.462. The van der Waals surface area contributed by atoms with Crippen LogP contribution < -0.4 is 10.9 Å². The molecule has 3 nitrogen and oxygen atoms in total. The van der Waals surface area contributed by atoms with Crippen LogP contribution in [0.5, 0.6) is 0 Å². The van der Waals surface area contributed by atoms with Crippen LogP contribution in [-0.4, -0.2) is 7.05 Å². The minimum absolute atomic E-state index is 0.288. The van der Waals surface area contributed by atoms with Gasteiger partial charge in [-0.25, -0.2) is 4.79 Å². The molecule has 18 heavy (non-hydrogen) atoms. The summed E-state index contributed by atoms with van der Waals surface area (Å²) < 4.78 is 5.28. The van der Waals surface area contributed by atoms with Gasteiger partial charge in [-0.05, 0) is 48.7 Å². The molecule has 1 N–H and O–H groups in total. The first-order valence-electron chi connectivity index (χ1n) is 6.24. The molecule has 96 valence electrons. The maximum absolute atomic E-state index is 11.5. The number of benzene rings is 1. The Morgan fingerprint density at radius 3 is 2.61 bits per heavy atom.